The Morgan fingerprint density at radius 1 is 0.571 bits per heavy atom. The van der Waals surface area contributed by atoms with E-state index in [-0.39, 0.29) is 6.10 Å². The summed E-state index contributed by atoms with van der Waals surface area (Å²) in [5.74, 6) is 7.55. The van der Waals surface area contributed by atoms with Crippen LogP contribution < -0.4 is 0 Å². The van der Waals surface area contributed by atoms with Crippen molar-refractivity contribution in [1.29, 1.82) is 0 Å². The summed E-state index contributed by atoms with van der Waals surface area (Å²) < 4.78 is 0. The van der Waals surface area contributed by atoms with Crippen LogP contribution in [0.4, 0.5) is 0 Å². The third-order valence-electron chi connectivity index (χ3n) is 6.87. The highest BCUT2D eigenvalue weighted by Crippen LogP contribution is 2.77. The molecule has 0 spiro atoms. The van der Waals surface area contributed by atoms with Crippen molar-refractivity contribution in [2.75, 3.05) is 0 Å². The highest BCUT2D eigenvalue weighted by atomic mass is 16.3. The zero-order valence-corrected chi connectivity index (χ0v) is 8.47. The molecule has 1 heteroatoms. The molecule has 76 valence electrons. The Morgan fingerprint density at radius 2 is 0.929 bits per heavy atom. The first-order valence-electron chi connectivity index (χ1n) is 6.56. The van der Waals surface area contributed by atoms with E-state index >= 15 is 0 Å². The van der Waals surface area contributed by atoms with E-state index in [2.05, 4.69) is 0 Å². The third kappa shape index (κ3) is 0.493. The predicted molar refractivity (Wildman–Crippen MR) is 52.4 cm³/mol. The zero-order chi connectivity index (χ0) is 9.02. The lowest BCUT2D eigenvalue weighted by molar-refractivity contribution is -0.168. The Balaban J connectivity index is 1.74. The van der Waals surface area contributed by atoms with Gasteiger partial charge < -0.3 is 5.11 Å². The van der Waals surface area contributed by atoms with E-state index in [1.807, 2.05) is 0 Å². The minimum atomic E-state index is 0.132. The molecular formula is C13H18O. The van der Waals surface area contributed by atoms with E-state index in [0.717, 1.165) is 47.3 Å². The lowest BCUT2D eigenvalue weighted by atomic mass is 9.40. The van der Waals surface area contributed by atoms with Crippen molar-refractivity contribution in [3.05, 3.63) is 0 Å². The maximum Gasteiger partial charge on any atom is 0.0607 e. The monoisotopic (exact) mass is 190 g/mol. The molecule has 0 saturated heterocycles. The van der Waals surface area contributed by atoms with Gasteiger partial charge in [-0.25, -0.2) is 0 Å². The van der Waals surface area contributed by atoms with Crippen LogP contribution in [-0.4, -0.2) is 11.2 Å². The Kier molecular flexibility index (Phi) is 1.00. The molecule has 0 heterocycles. The second kappa shape index (κ2) is 1.93. The average Bonchev–Trinajstić information content (AvgIpc) is 2.56. The van der Waals surface area contributed by atoms with Gasteiger partial charge in [-0.2, -0.15) is 0 Å². The molecule has 0 aromatic carbocycles. The fourth-order valence-corrected chi connectivity index (χ4v) is 6.84. The number of hydrogen-bond donors (Lipinski definition) is 1. The SMILES string of the molecule is OC1C2C3C4CC[C@H]2[C@H]2CCC4C3C12. The fraction of sp³-hybridized carbons (Fsp3) is 1.00. The van der Waals surface area contributed by atoms with E-state index in [1.165, 1.54) is 25.7 Å². The van der Waals surface area contributed by atoms with Gasteiger partial charge >= 0.3 is 0 Å². The summed E-state index contributed by atoms with van der Waals surface area (Å²) in [6.07, 6.45) is 6.10. The first-order valence-corrected chi connectivity index (χ1v) is 6.56. The molecule has 0 aromatic rings. The molecule has 1 nitrogen and oxygen atoms in total. The topological polar surface area (TPSA) is 20.2 Å². The quantitative estimate of drug-likeness (QED) is 0.618. The molecule has 1 N–H and O–H groups in total. The molecule has 5 aliphatic carbocycles. The second-order valence-electron chi connectivity index (χ2n) is 6.61. The lowest BCUT2D eigenvalue weighted by Crippen LogP contribution is -2.59. The summed E-state index contributed by atoms with van der Waals surface area (Å²) in [7, 11) is 0. The van der Waals surface area contributed by atoms with E-state index in [9.17, 15) is 5.11 Å². The van der Waals surface area contributed by atoms with Gasteiger partial charge in [0.15, 0.2) is 0 Å². The summed E-state index contributed by atoms with van der Waals surface area (Å²) in [6.45, 7) is 0. The molecule has 5 saturated carbocycles. The molecule has 7 unspecified atom stereocenters. The molecule has 14 heavy (non-hydrogen) atoms. The summed E-state index contributed by atoms with van der Waals surface area (Å²) >= 11 is 0. The smallest absolute Gasteiger partial charge is 0.0607 e. The van der Waals surface area contributed by atoms with Gasteiger partial charge in [0, 0.05) is 0 Å². The van der Waals surface area contributed by atoms with Gasteiger partial charge in [-0.1, -0.05) is 0 Å². The highest BCUT2D eigenvalue weighted by Gasteiger charge is 2.74. The maximum absolute atomic E-state index is 10.4. The predicted octanol–water partition coefficient (Wildman–Crippen LogP) is 1.91. The van der Waals surface area contributed by atoms with Crippen molar-refractivity contribution in [2.24, 2.45) is 47.3 Å². The standard InChI is InChI=1S/C13H18O/c14-13-11-7-3-1-5-6-2-4-8(7)12(13)10(6)9(5)11/h5-14H,1-4H2/t5?,6?,7-,8+,9?,10?,11?,12?,13?. The van der Waals surface area contributed by atoms with Gasteiger partial charge in [-0.05, 0) is 73.0 Å². The molecule has 0 aliphatic heterocycles. The molecule has 0 aromatic heterocycles. The van der Waals surface area contributed by atoms with Crippen LogP contribution >= 0.6 is 0 Å². The van der Waals surface area contributed by atoms with E-state index in [4.69, 9.17) is 0 Å². The van der Waals surface area contributed by atoms with Crippen LogP contribution in [0.5, 0.6) is 0 Å². The van der Waals surface area contributed by atoms with Gasteiger partial charge in [-0.15, -0.1) is 0 Å². The Morgan fingerprint density at radius 3 is 1.36 bits per heavy atom. The van der Waals surface area contributed by atoms with Gasteiger partial charge in [-0.3, -0.25) is 0 Å². The van der Waals surface area contributed by atoms with Gasteiger partial charge in [0.2, 0.25) is 0 Å². The summed E-state index contributed by atoms with van der Waals surface area (Å²) in [6, 6.07) is 0. The van der Waals surface area contributed by atoms with Gasteiger partial charge in [0.25, 0.3) is 0 Å². The molecule has 5 rings (SSSR count). The van der Waals surface area contributed by atoms with Crippen LogP contribution in [0.15, 0.2) is 0 Å². The van der Waals surface area contributed by atoms with E-state index in [0.29, 0.717) is 0 Å². The summed E-state index contributed by atoms with van der Waals surface area (Å²) in [4.78, 5) is 0. The molecule has 2 bridgehead atoms. The van der Waals surface area contributed by atoms with E-state index < -0.39 is 0 Å². The number of fused-ring (bicyclic) bond motifs is 2. The van der Waals surface area contributed by atoms with Crippen molar-refractivity contribution in [3.63, 3.8) is 0 Å². The van der Waals surface area contributed by atoms with Gasteiger partial charge in [0.05, 0.1) is 6.10 Å². The number of rotatable bonds is 0. The Labute approximate surface area is 84.9 Å². The third-order valence-corrected chi connectivity index (χ3v) is 6.87. The normalized spacial score (nSPS) is 76.5. The molecular weight excluding hydrogens is 172 g/mol. The van der Waals surface area contributed by atoms with E-state index in [1.54, 1.807) is 0 Å². The van der Waals surface area contributed by atoms with Crippen LogP contribution in [0, 0.1) is 47.3 Å². The average molecular weight is 190 g/mol. The number of aliphatic hydroxyl groups is 1. The van der Waals surface area contributed by atoms with Crippen molar-refractivity contribution in [2.45, 2.75) is 31.8 Å². The first-order chi connectivity index (χ1) is 6.88. The Bertz CT molecular complexity index is 274. The maximum atomic E-state index is 10.4. The molecule has 0 amide bonds. The summed E-state index contributed by atoms with van der Waals surface area (Å²) in [5.41, 5.74) is 0. The van der Waals surface area contributed by atoms with Crippen LogP contribution in [0.25, 0.3) is 0 Å². The first kappa shape index (κ1) is 7.27. The minimum absolute atomic E-state index is 0.132. The molecule has 5 aliphatic rings. The van der Waals surface area contributed by atoms with Crippen molar-refractivity contribution < 1.29 is 5.11 Å². The van der Waals surface area contributed by atoms with Crippen molar-refractivity contribution in [1.82, 2.24) is 0 Å². The zero-order valence-electron chi connectivity index (χ0n) is 8.47. The van der Waals surface area contributed by atoms with Crippen molar-refractivity contribution >= 4 is 0 Å². The molecule has 9 atom stereocenters. The highest BCUT2D eigenvalue weighted by molar-refractivity contribution is 5.22. The van der Waals surface area contributed by atoms with Crippen LogP contribution in [0.2, 0.25) is 0 Å². The van der Waals surface area contributed by atoms with Gasteiger partial charge in [0.1, 0.15) is 0 Å². The number of hydrogen-bond acceptors (Lipinski definition) is 1. The number of aliphatic hydroxyl groups excluding tert-OH is 1. The minimum Gasteiger partial charge on any atom is -0.393 e. The van der Waals surface area contributed by atoms with Crippen LogP contribution in [-0.2, 0) is 0 Å². The fourth-order valence-electron chi connectivity index (χ4n) is 6.84. The van der Waals surface area contributed by atoms with Crippen molar-refractivity contribution in [3.8, 4) is 0 Å². The molecule has 5 fully saturated rings. The largest absolute Gasteiger partial charge is 0.393 e. The van der Waals surface area contributed by atoms with Crippen LogP contribution in [0.1, 0.15) is 25.7 Å². The second-order valence-corrected chi connectivity index (χ2v) is 6.61. The lowest BCUT2D eigenvalue weighted by Gasteiger charge is -2.64. The molecule has 0 radical (unpaired) electrons. The summed E-state index contributed by atoms with van der Waals surface area (Å²) in [5, 5.41) is 10.4. The Hall–Kier alpha value is -0.0400. The van der Waals surface area contributed by atoms with Crippen LogP contribution in [0.3, 0.4) is 0 Å².